The summed E-state index contributed by atoms with van der Waals surface area (Å²) in [4.78, 5) is 6.57. The van der Waals surface area contributed by atoms with Gasteiger partial charge in [0.25, 0.3) is 0 Å². The summed E-state index contributed by atoms with van der Waals surface area (Å²) >= 11 is 0. The molecule has 1 aromatic rings. The summed E-state index contributed by atoms with van der Waals surface area (Å²) in [5, 5.41) is 3.22. The van der Waals surface area contributed by atoms with Crippen molar-refractivity contribution in [3.8, 4) is 5.75 Å². The second-order valence-corrected chi connectivity index (χ2v) is 6.74. The molecule has 1 saturated heterocycles. The molecule has 2 rings (SSSR count). The summed E-state index contributed by atoms with van der Waals surface area (Å²) in [5.41, 5.74) is 0.595. The van der Waals surface area contributed by atoms with Gasteiger partial charge in [0.05, 0.1) is 19.4 Å². The van der Waals surface area contributed by atoms with Gasteiger partial charge in [-0.1, -0.05) is 30.4 Å². The van der Waals surface area contributed by atoms with Crippen LogP contribution in [0.25, 0.3) is 0 Å². The molecule has 1 aliphatic rings. The quantitative estimate of drug-likeness (QED) is 0.288. The van der Waals surface area contributed by atoms with E-state index in [9.17, 15) is 17.6 Å². The van der Waals surface area contributed by atoms with E-state index in [-0.39, 0.29) is 18.2 Å². The summed E-state index contributed by atoms with van der Waals surface area (Å²) in [6.07, 6.45) is 2.45. The van der Waals surface area contributed by atoms with Crippen LogP contribution in [0.4, 0.5) is 17.6 Å². The van der Waals surface area contributed by atoms with E-state index in [4.69, 9.17) is 0 Å². The number of hydrogen-bond acceptors (Lipinski definition) is 3. The van der Waals surface area contributed by atoms with E-state index in [0.29, 0.717) is 25.0 Å². The molecule has 0 amide bonds. The zero-order valence-corrected chi connectivity index (χ0v) is 16.5. The lowest BCUT2D eigenvalue weighted by Gasteiger charge is -2.33. The fraction of sp³-hybridized carbons (Fsp3) is 0.476. The predicted molar refractivity (Wildman–Crippen MR) is 107 cm³/mol. The van der Waals surface area contributed by atoms with Gasteiger partial charge in [0.1, 0.15) is 11.6 Å². The highest BCUT2D eigenvalue weighted by molar-refractivity contribution is 5.84. The summed E-state index contributed by atoms with van der Waals surface area (Å²) < 4.78 is 54.4. The molecule has 0 bridgehead atoms. The van der Waals surface area contributed by atoms with Crippen molar-refractivity contribution in [3.63, 3.8) is 0 Å². The number of rotatable bonds is 8. The standard InChI is InChI=1S/C21H27F4N3O/c1-2-3-12-26-20(27-13-6-11-22)16-28-14-9-17(10-15-28)18-7-4-5-8-19(18)29-21(23,24)25/h2-8,11,17H,9-10,12-16H2,1H3,(H,26,27)/b3-2-,11-6+. The Morgan fingerprint density at radius 1 is 1.24 bits per heavy atom. The number of halogens is 4. The number of likely N-dealkylation sites (tertiary alicyclic amines) is 1. The van der Waals surface area contributed by atoms with Gasteiger partial charge < -0.3 is 10.1 Å². The predicted octanol–water partition coefficient (Wildman–Crippen LogP) is 4.81. The van der Waals surface area contributed by atoms with E-state index in [1.807, 2.05) is 19.1 Å². The van der Waals surface area contributed by atoms with E-state index in [0.717, 1.165) is 31.8 Å². The molecule has 1 aliphatic heterocycles. The second-order valence-electron chi connectivity index (χ2n) is 6.74. The maximum Gasteiger partial charge on any atom is 0.573 e. The number of benzene rings is 1. The zero-order chi connectivity index (χ0) is 21.1. The Morgan fingerprint density at radius 3 is 2.62 bits per heavy atom. The van der Waals surface area contributed by atoms with Crippen molar-refractivity contribution in [3.05, 3.63) is 54.4 Å². The highest BCUT2D eigenvalue weighted by atomic mass is 19.4. The Morgan fingerprint density at radius 2 is 1.97 bits per heavy atom. The lowest BCUT2D eigenvalue weighted by atomic mass is 9.89. The summed E-state index contributed by atoms with van der Waals surface area (Å²) in [5.74, 6) is 0.655. The Bertz CT molecular complexity index is 708. The maximum absolute atomic E-state index is 12.7. The molecule has 8 heteroatoms. The van der Waals surface area contributed by atoms with Crippen molar-refractivity contribution in [2.24, 2.45) is 4.99 Å². The van der Waals surface area contributed by atoms with Gasteiger partial charge in [0, 0.05) is 6.54 Å². The highest BCUT2D eigenvalue weighted by Crippen LogP contribution is 2.36. The number of aliphatic imine (C=N–C) groups is 1. The van der Waals surface area contributed by atoms with Crippen LogP contribution >= 0.6 is 0 Å². The number of ether oxygens (including phenoxy) is 1. The molecule has 1 fully saturated rings. The van der Waals surface area contributed by atoms with Crippen LogP contribution in [-0.4, -0.2) is 49.8 Å². The number of alkyl halides is 3. The third-order valence-corrected chi connectivity index (χ3v) is 4.68. The summed E-state index contributed by atoms with van der Waals surface area (Å²) in [6, 6.07) is 6.35. The number of nitrogens with one attached hydrogen (secondary N) is 1. The second kappa shape index (κ2) is 11.6. The summed E-state index contributed by atoms with van der Waals surface area (Å²) in [6.45, 7) is 4.86. The Kier molecular flexibility index (Phi) is 9.18. The van der Waals surface area contributed by atoms with Gasteiger partial charge in [-0.3, -0.25) is 9.89 Å². The maximum atomic E-state index is 12.7. The molecule has 0 saturated carbocycles. The molecule has 29 heavy (non-hydrogen) atoms. The molecule has 160 valence electrons. The van der Waals surface area contributed by atoms with E-state index in [1.54, 1.807) is 18.2 Å². The number of nitrogens with zero attached hydrogens (tertiary/aromatic N) is 2. The fourth-order valence-corrected chi connectivity index (χ4v) is 3.31. The molecule has 0 radical (unpaired) electrons. The SMILES string of the molecule is C/C=C\CNC(CN1CCC(c2ccccc2OC(F)(F)F)CC1)=NC/C=C/F. The van der Waals surface area contributed by atoms with Gasteiger partial charge >= 0.3 is 6.36 Å². The number of para-hydroxylation sites is 1. The molecule has 0 aliphatic carbocycles. The molecule has 0 aromatic heterocycles. The van der Waals surface area contributed by atoms with E-state index in [1.165, 1.54) is 12.1 Å². The molecule has 0 unspecified atom stereocenters. The lowest BCUT2D eigenvalue weighted by Crippen LogP contribution is -2.41. The third-order valence-electron chi connectivity index (χ3n) is 4.68. The van der Waals surface area contributed by atoms with Gasteiger partial charge in [-0.05, 0) is 56.5 Å². The van der Waals surface area contributed by atoms with Crippen molar-refractivity contribution < 1.29 is 22.3 Å². The molecule has 0 spiro atoms. The minimum absolute atomic E-state index is 0.00986. The summed E-state index contributed by atoms with van der Waals surface area (Å²) in [7, 11) is 0. The minimum atomic E-state index is -4.70. The molecule has 4 nitrogen and oxygen atoms in total. The first-order chi connectivity index (χ1) is 13.9. The van der Waals surface area contributed by atoms with Crippen molar-refractivity contribution in [2.75, 3.05) is 32.7 Å². The first-order valence-electron chi connectivity index (χ1n) is 9.63. The average Bonchev–Trinajstić information content (AvgIpc) is 2.68. The molecular formula is C21H27F4N3O. The van der Waals surface area contributed by atoms with Crippen LogP contribution in [0.3, 0.4) is 0 Å². The lowest BCUT2D eigenvalue weighted by molar-refractivity contribution is -0.275. The normalized spacial score (nSPS) is 17.3. The van der Waals surface area contributed by atoms with E-state index < -0.39 is 6.36 Å². The van der Waals surface area contributed by atoms with Crippen LogP contribution in [0.2, 0.25) is 0 Å². The molecule has 1 N–H and O–H groups in total. The minimum Gasteiger partial charge on any atom is -0.405 e. The van der Waals surface area contributed by atoms with E-state index in [2.05, 4.69) is 19.9 Å². The van der Waals surface area contributed by atoms with Crippen LogP contribution in [0, 0.1) is 0 Å². The van der Waals surface area contributed by atoms with Crippen LogP contribution in [-0.2, 0) is 0 Å². The first-order valence-corrected chi connectivity index (χ1v) is 9.63. The zero-order valence-electron chi connectivity index (χ0n) is 16.5. The van der Waals surface area contributed by atoms with Gasteiger partial charge in [0.15, 0.2) is 0 Å². The van der Waals surface area contributed by atoms with Crippen LogP contribution in [0.15, 0.2) is 53.8 Å². The largest absolute Gasteiger partial charge is 0.573 e. The third kappa shape index (κ3) is 8.27. The molecular weight excluding hydrogens is 386 g/mol. The molecule has 1 aromatic carbocycles. The van der Waals surface area contributed by atoms with Crippen LogP contribution < -0.4 is 10.1 Å². The van der Waals surface area contributed by atoms with Gasteiger partial charge in [-0.15, -0.1) is 13.2 Å². The first kappa shape index (κ1) is 22.9. The number of amidine groups is 1. The van der Waals surface area contributed by atoms with Gasteiger partial charge in [-0.25, -0.2) is 4.39 Å². The van der Waals surface area contributed by atoms with Crippen molar-refractivity contribution in [1.29, 1.82) is 0 Å². The van der Waals surface area contributed by atoms with E-state index >= 15 is 0 Å². The van der Waals surface area contributed by atoms with Gasteiger partial charge in [-0.2, -0.15) is 0 Å². The average molecular weight is 413 g/mol. The highest BCUT2D eigenvalue weighted by Gasteiger charge is 2.33. The Balaban J connectivity index is 1.96. The number of piperidine rings is 1. The van der Waals surface area contributed by atoms with Gasteiger partial charge in [0.2, 0.25) is 0 Å². The Hall–Kier alpha value is -2.35. The Labute approximate surface area is 169 Å². The molecule has 1 heterocycles. The monoisotopic (exact) mass is 413 g/mol. The smallest absolute Gasteiger partial charge is 0.405 e. The molecule has 0 atom stereocenters. The topological polar surface area (TPSA) is 36.9 Å². The van der Waals surface area contributed by atoms with Crippen molar-refractivity contribution in [2.45, 2.75) is 32.0 Å². The van der Waals surface area contributed by atoms with Crippen molar-refractivity contribution >= 4 is 5.84 Å². The van der Waals surface area contributed by atoms with Crippen molar-refractivity contribution in [1.82, 2.24) is 10.2 Å². The number of allylic oxidation sites excluding steroid dienone is 1. The van der Waals surface area contributed by atoms with Crippen LogP contribution in [0.5, 0.6) is 5.75 Å². The van der Waals surface area contributed by atoms with Crippen LogP contribution in [0.1, 0.15) is 31.2 Å². The fourth-order valence-electron chi connectivity index (χ4n) is 3.31. The number of hydrogen-bond donors (Lipinski definition) is 1.